The monoisotopic (exact) mass is 351 g/mol. The van der Waals surface area contributed by atoms with Crippen LogP contribution in [0.4, 0.5) is 0 Å². The number of nitrogens with zero attached hydrogens (tertiary/aromatic N) is 1. The molecule has 1 aliphatic carbocycles. The van der Waals surface area contributed by atoms with Crippen LogP contribution in [-0.4, -0.2) is 30.7 Å². The molecule has 1 saturated heterocycles. The highest BCUT2D eigenvalue weighted by Gasteiger charge is 2.42. The van der Waals surface area contributed by atoms with E-state index in [1.165, 1.54) is 56.1 Å². The van der Waals surface area contributed by atoms with Gasteiger partial charge in [0.2, 0.25) is 0 Å². The Morgan fingerprint density at radius 3 is 2.12 bits per heavy atom. The first-order valence-electron chi connectivity index (χ1n) is 7.26. The minimum atomic E-state index is 0. The average molecular weight is 351 g/mol. The van der Waals surface area contributed by atoms with Crippen molar-refractivity contribution < 1.29 is 28.5 Å². The summed E-state index contributed by atoms with van der Waals surface area (Å²) in [6.07, 6.45) is 8.75. The predicted molar refractivity (Wildman–Crippen MR) is 70.4 cm³/mol. The van der Waals surface area contributed by atoms with Gasteiger partial charge in [0.1, 0.15) is 0 Å². The van der Waals surface area contributed by atoms with Crippen molar-refractivity contribution in [2.24, 2.45) is 11.3 Å². The van der Waals surface area contributed by atoms with Gasteiger partial charge in [-0.2, -0.15) is 0 Å². The van der Waals surface area contributed by atoms with Crippen LogP contribution in [0.1, 0.15) is 59.3 Å². The largest absolute Gasteiger partial charge is 1.00 e. The van der Waals surface area contributed by atoms with Crippen LogP contribution in [0.25, 0.3) is 0 Å². The molecule has 1 heterocycles. The fourth-order valence-corrected chi connectivity index (χ4v) is 4.37. The highest BCUT2D eigenvalue weighted by Crippen LogP contribution is 2.42. The number of halogens is 1. The van der Waals surface area contributed by atoms with E-state index in [2.05, 4.69) is 27.8 Å². The maximum Gasteiger partial charge on any atom is 0.0896 e. The average Bonchev–Trinajstić information content (AvgIpc) is 2.15. The molecule has 0 spiro atoms. The molecule has 2 unspecified atom stereocenters. The van der Waals surface area contributed by atoms with Crippen LogP contribution >= 0.6 is 0 Å². The third kappa shape index (κ3) is 3.82. The van der Waals surface area contributed by atoms with Crippen molar-refractivity contribution in [3.05, 3.63) is 0 Å². The SMILES string of the molecule is CC1CC([N+]2(C)CCCCC2)CC(C)(C)C1.[I-]. The molecule has 2 heteroatoms. The second-order valence-electron chi connectivity index (χ2n) is 7.55. The van der Waals surface area contributed by atoms with Gasteiger partial charge in [0.25, 0.3) is 0 Å². The molecule has 0 aromatic rings. The zero-order valence-electron chi connectivity index (χ0n) is 12.1. The highest BCUT2D eigenvalue weighted by molar-refractivity contribution is 4.84. The molecule has 2 aliphatic rings. The fraction of sp³-hybridized carbons (Fsp3) is 1.00. The molecule has 17 heavy (non-hydrogen) atoms. The Morgan fingerprint density at radius 1 is 1.00 bits per heavy atom. The number of hydrogen-bond donors (Lipinski definition) is 0. The summed E-state index contributed by atoms with van der Waals surface area (Å²) < 4.78 is 1.38. The Balaban J connectivity index is 0.00000144. The Bertz CT molecular complexity index is 243. The number of likely N-dealkylation sites (tertiary alicyclic amines) is 1. The lowest BCUT2D eigenvalue weighted by Crippen LogP contribution is -3.00. The minimum absolute atomic E-state index is 0. The summed E-state index contributed by atoms with van der Waals surface area (Å²) in [7, 11) is 2.53. The summed E-state index contributed by atoms with van der Waals surface area (Å²) in [5, 5.41) is 0. The van der Waals surface area contributed by atoms with Crippen LogP contribution in [-0.2, 0) is 0 Å². The first kappa shape index (κ1) is 15.7. The summed E-state index contributed by atoms with van der Waals surface area (Å²) in [4.78, 5) is 0. The van der Waals surface area contributed by atoms with E-state index in [1.807, 2.05) is 0 Å². The molecule has 0 aromatic heterocycles. The summed E-state index contributed by atoms with van der Waals surface area (Å²) in [5.41, 5.74) is 0.584. The zero-order chi connectivity index (χ0) is 11.8. The van der Waals surface area contributed by atoms with E-state index >= 15 is 0 Å². The van der Waals surface area contributed by atoms with Gasteiger partial charge in [-0.05, 0) is 37.0 Å². The zero-order valence-corrected chi connectivity index (χ0v) is 14.3. The molecule has 102 valence electrons. The Morgan fingerprint density at radius 2 is 1.59 bits per heavy atom. The molecule has 0 N–H and O–H groups in total. The van der Waals surface area contributed by atoms with Crippen LogP contribution in [0.2, 0.25) is 0 Å². The van der Waals surface area contributed by atoms with Crippen molar-refractivity contribution in [1.82, 2.24) is 0 Å². The van der Waals surface area contributed by atoms with E-state index in [0.29, 0.717) is 5.41 Å². The van der Waals surface area contributed by atoms with Crippen LogP contribution in [0.5, 0.6) is 0 Å². The predicted octanol–water partition coefficient (Wildman–Crippen LogP) is 0.836. The molecule has 0 bridgehead atoms. The van der Waals surface area contributed by atoms with Crippen molar-refractivity contribution >= 4 is 0 Å². The number of piperidine rings is 1. The molecule has 0 aromatic carbocycles. The van der Waals surface area contributed by atoms with Gasteiger partial charge in [-0.1, -0.05) is 20.8 Å². The number of hydrogen-bond acceptors (Lipinski definition) is 0. The van der Waals surface area contributed by atoms with Crippen LogP contribution < -0.4 is 24.0 Å². The van der Waals surface area contributed by atoms with Crippen molar-refractivity contribution in [2.75, 3.05) is 20.1 Å². The summed E-state index contributed by atoms with van der Waals surface area (Å²) in [6, 6.07) is 0.944. The summed E-state index contributed by atoms with van der Waals surface area (Å²) >= 11 is 0. The third-order valence-corrected chi connectivity index (χ3v) is 5.08. The van der Waals surface area contributed by atoms with Crippen molar-refractivity contribution in [1.29, 1.82) is 0 Å². The van der Waals surface area contributed by atoms with Gasteiger partial charge in [0, 0.05) is 12.8 Å². The van der Waals surface area contributed by atoms with Crippen LogP contribution in [0.3, 0.4) is 0 Å². The first-order chi connectivity index (χ1) is 7.41. The quantitative estimate of drug-likeness (QED) is 0.485. The lowest BCUT2D eigenvalue weighted by molar-refractivity contribution is -0.940. The molecule has 2 rings (SSSR count). The van der Waals surface area contributed by atoms with E-state index in [1.54, 1.807) is 0 Å². The first-order valence-corrected chi connectivity index (χ1v) is 7.26. The van der Waals surface area contributed by atoms with Crippen LogP contribution in [0.15, 0.2) is 0 Å². The van der Waals surface area contributed by atoms with E-state index in [-0.39, 0.29) is 24.0 Å². The second kappa shape index (κ2) is 5.77. The topological polar surface area (TPSA) is 0 Å². The van der Waals surface area contributed by atoms with Crippen molar-refractivity contribution in [3.63, 3.8) is 0 Å². The fourth-order valence-electron chi connectivity index (χ4n) is 4.37. The molecule has 1 aliphatic heterocycles. The minimum Gasteiger partial charge on any atom is -1.00 e. The van der Waals surface area contributed by atoms with Gasteiger partial charge in [0.05, 0.1) is 26.2 Å². The normalized spacial score (nSPS) is 36.0. The molecule has 1 nitrogen and oxygen atoms in total. The van der Waals surface area contributed by atoms with Gasteiger partial charge < -0.3 is 28.5 Å². The maximum absolute atomic E-state index is 2.53. The van der Waals surface area contributed by atoms with Crippen molar-refractivity contribution in [2.45, 2.75) is 65.3 Å². The molecule has 0 amide bonds. The number of rotatable bonds is 1. The van der Waals surface area contributed by atoms with Gasteiger partial charge >= 0.3 is 0 Å². The van der Waals surface area contributed by atoms with Gasteiger partial charge in [-0.3, -0.25) is 0 Å². The lowest BCUT2D eigenvalue weighted by Gasteiger charge is -2.50. The second-order valence-corrected chi connectivity index (χ2v) is 7.55. The Hall–Kier alpha value is 0.690. The van der Waals surface area contributed by atoms with E-state index in [4.69, 9.17) is 0 Å². The molecule has 0 radical (unpaired) electrons. The molecule has 2 atom stereocenters. The maximum atomic E-state index is 2.53. The van der Waals surface area contributed by atoms with E-state index in [9.17, 15) is 0 Å². The van der Waals surface area contributed by atoms with E-state index < -0.39 is 0 Å². The Labute approximate surface area is 125 Å². The van der Waals surface area contributed by atoms with Crippen molar-refractivity contribution in [3.8, 4) is 0 Å². The third-order valence-electron chi connectivity index (χ3n) is 5.08. The molecule has 2 fully saturated rings. The lowest BCUT2D eigenvalue weighted by atomic mass is 9.69. The summed E-state index contributed by atoms with van der Waals surface area (Å²) in [6.45, 7) is 10.3. The summed E-state index contributed by atoms with van der Waals surface area (Å²) in [5.74, 6) is 0.936. The smallest absolute Gasteiger partial charge is 0.0896 e. The van der Waals surface area contributed by atoms with E-state index in [0.717, 1.165) is 12.0 Å². The standard InChI is InChI=1S/C15H30N.HI/c1-13-10-14(12-15(2,3)11-13)16(4)8-6-5-7-9-16;/h13-14H,5-12H2,1-4H3;1H/q+1;/p-1. The number of quaternary nitrogens is 1. The molecular weight excluding hydrogens is 321 g/mol. The highest BCUT2D eigenvalue weighted by atomic mass is 127. The molecular formula is C15H30IN. The Kier molecular flexibility index (Phi) is 5.34. The molecule has 1 saturated carbocycles. The van der Waals surface area contributed by atoms with Gasteiger partial charge in [-0.15, -0.1) is 0 Å². The van der Waals surface area contributed by atoms with Gasteiger partial charge in [0.15, 0.2) is 0 Å². The van der Waals surface area contributed by atoms with Crippen LogP contribution in [0, 0.1) is 11.3 Å². The van der Waals surface area contributed by atoms with Gasteiger partial charge in [-0.25, -0.2) is 0 Å².